The molecule has 0 aliphatic carbocycles. The molecular formula is C17H23FN4OS. The van der Waals surface area contributed by atoms with Crippen molar-refractivity contribution in [1.82, 2.24) is 15.6 Å². The van der Waals surface area contributed by atoms with E-state index < -0.39 is 0 Å². The zero-order chi connectivity index (χ0) is 17.4. The lowest BCUT2D eigenvalue weighted by atomic mass is 10.3. The summed E-state index contributed by atoms with van der Waals surface area (Å²) in [6.07, 6.45) is 0.871. The Bertz CT molecular complexity index is 657. The summed E-state index contributed by atoms with van der Waals surface area (Å²) in [6, 6.07) is 6.00. The van der Waals surface area contributed by atoms with E-state index in [4.69, 9.17) is 4.74 Å². The van der Waals surface area contributed by atoms with Crippen LogP contribution in [-0.4, -0.2) is 30.6 Å². The first-order chi connectivity index (χ1) is 11.6. The maximum Gasteiger partial charge on any atom is 0.191 e. The molecular weight excluding hydrogens is 327 g/mol. The van der Waals surface area contributed by atoms with Gasteiger partial charge in [-0.3, -0.25) is 4.99 Å². The monoisotopic (exact) mass is 350 g/mol. The summed E-state index contributed by atoms with van der Waals surface area (Å²) >= 11 is 1.67. The third-order valence-corrected chi connectivity index (χ3v) is 4.31. The van der Waals surface area contributed by atoms with Crippen molar-refractivity contribution >= 4 is 17.3 Å². The molecule has 0 amide bonds. The smallest absolute Gasteiger partial charge is 0.191 e. The molecule has 2 rings (SSSR count). The summed E-state index contributed by atoms with van der Waals surface area (Å²) in [5, 5.41) is 9.63. The Hall–Kier alpha value is -2.15. The van der Waals surface area contributed by atoms with Gasteiger partial charge in [0.25, 0.3) is 0 Å². The molecule has 1 heterocycles. The first-order valence-corrected chi connectivity index (χ1v) is 8.78. The minimum absolute atomic E-state index is 0.0834. The third-order valence-electron chi connectivity index (χ3n) is 3.27. The SMILES string of the molecule is CCc1nc(CNC(=NC)NCC(C)Oc2ccc(F)cc2)cs1. The number of guanidine groups is 1. The van der Waals surface area contributed by atoms with Crippen LogP contribution >= 0.6 is 11.3 Å². The molecule has 24 heavy (non-hydrogen) atoms. The van der Waals surface area contributed by atoms with Crippen LogP contribution in [0.4, 0.5) is 4.39 Å². The number of benzene rings is 1. The number of rotatable bonds is 7. The molecule has 5 nitrogen and oxygen atoms in total. The van der Waals surface area contributed by atoms with Crippen molar-refractivity contribution in [3.8, 4) is 5.75 Å². The van der Waals surface area contributed by atoms with Gasteiger partial charge in [0.05, 0.1) is 23.8 Å². The number of thiazole rings is 1. The molecule has 1 atom stereocenters. The van der Waals surface area contributed by atoms with Crippen LogP contribution in [0, 0.1) is 5.82 Å². The molecule has 0 saturated carbocycles. The normalized spacial score (nSPS) is 12.8. The number of aryl methyl sites for hydroxylation is 1. The largest absolute Gasteiger partial charge is 0.489 e. The van der Waals surface area contributed by atoms with E-state index in [9.17, 15) is 4.39 Å². The predicted molar refractivity (Wildman–Crippen MR) is 96.2 cm³/mol. The molecule has 0 bridgehead atoms. The molecule has 2 aromatic rings. The van der Waals surface area contributed by atoms with Gasteiger partial charge < -0.3 is 15.4 Å². The second kappa shape index (κ2) is 9.22. The van der Waals surface area contributed by atoms with Crippen LogP contribution < -0.4 is 15.4 Å². The predicted octanol–water partition coefficient (Wildman–Crippen LogP) is 2.98. The Morgan fingerprint density at radius 1 is 1.33 bits per heavy atom. The fraction of sp³-hybridized carbons (Fsp3) is 0.412. The Balaban J connectivity index is 1.75. The number of nitrogens with one attached hydrogen (secondary N) is 2. The van der Waals surface area contributed by atoms with Gasteiger partial charge in [0.15, 0.2) is 5.96 Å². The summed E-state index contributed by atoms with van der Waals surface area (Å²) in [7, 11) is 1.72. The zero-order valence-corrected chi connectivity index (χ0v) is 15.0. The van der Waals surface area contributed by atoms with Crippen molar-refractivity contribution in [2.45, 2.75) is 32.9 Å². The van der Waals surface area contributed by atoms with Crippen LogP contribution in [0.2, 0.25) is 0 Å². The van der Waals surface area contributed by atoms with Crippen LogP contribution in [-0.2, 0) is 13.0 Å². The van der Waals surface area contributed by atoms with Gasteiger partial charge in [-0.25, -0.2) is 9.37 Å². The molecule has 0 spiro atoms. The van der Waals surface area contributed by atoms with Gasteiger partial charge in [-0.15, -0.1) is 11.3 Å². The summed E-state index contributed by atoms with van der Waals surface area (Å²) in [5.74, 6) is 1.06. The van der Waals surface area contributed by atoms with Gasteiger partial charge in [-0.05, 0) is 37.6 Å². The molecule has 1 aromatic carbocycles. The third kappa shape index (κ3) is 5.81. The minimum Gasteiger partial charge on any atom is -0.489 e. The highest BCUT2D eigenvalue weighted by Crippen LogP contribution is 2.12. The van der Waals surface area contributed by atoms with Gasteiger partial charge in [0, 0.05) is 12.4 Å². The van der Waals surface area contributed by atoms with E-state index >= 15 is 0 Å². The average Bonchev–Trinajstić information content (AvgIpc) is 3.05. The topological polar surface area (TPSA) is 58.5 Å². The van der Waals surface area contributed by atoms with Crippen molar-refractivity contribution in [3.63, 3.8) is 0 Å². The number of ether oxygens (including phenoxy) is 1. The van der Waals surface area contributed by atoms with Crippen molar-refractivity contribution < 1.29 is 9.13 Å². The van der Waals surface area contributed by atoms with E-state index in [0.717, 1.165) is 17.1 Å². The maximum absolute atomic E-state index is 12.9. The highest BCUT2D eigenvalue weighted by molar-refractivity contribution is 7.09. The maximum atomic E-state index is 12.9. The Morgan fingerprint density at radius 2 is 2.08 bits per heavy atom. The molecule has 7 heteroatoms. The summed E-state index contributed by atoms with van der Waals surface area (Å²) < 4.78 is 18.6. The lowest BCUT2D eigenvalue weighted by molar-refractivity contribution is 0.223. The van der Waals surface area contributed by atoms with Crippen LogP contribution in [0.25, 0.3) is 0 Å². The number of aliphatic imine (C=N–C) groups is 1. The molecule has 1 unspecified atom stereocenters. The van der Waals surface area contributed by atoms with Crippen LogP contribution in [0.1, 0.15) is 24.5 Å². The Kier molecular flexibility index (Phi) is 6.99. The zero-order valence-electron chi connectivity index (χ0n) is 14.2. The Morgan fingerprint density at radius 3 is 2.71 bits per heavy atom. The fourth-order valence-corrected chi connectivity index (χ4v) is 2.76. The van der Waals surface area contributed by atoms with Crippen LogP contribution in [0.15, 0.2) is 34.6 Å². The minimum atomic E-state index is -0.272. The summed E-state index contributed by atoms with van der Waals surface area (Å²) in [5.41, 5.74) is 1.01. The lowest BCUT2D eigenvalue weighted by Crippen LogP contribution is -2.41. The van der Waals surface area contributed by atoms with Crippen molar-refractivity contribution in [1.29, 1.82) is 0 Å². The molecule has 130 valence electrons. The highest BCUT2D eigenvalue weighted by atomic mass is 32.1. The first kappa shape index (κ1) is 18.2. The van der Waals surface area contributed by atoms with E-state index in [-0.39, 0.29) is 11.9 Å². The van der Waals surface area contributed by atoms with Crippen molar-refractivity contribution in [2.75, 3.05) is 13.6 Å². The number of halogens is 1. The summed E-state index contributed by atoms with van der Waals surface area (Å²) in [6.45, 7) is 5.24. The number of nitrogens with zero attached hydrogens (tertiary/aromatic N) is 2. The van der Waals surface area contributed by atoms with E-state index in [1.807, 2.05) is 6.92 Å². The molecule has 0 aliphatic rings. The van der Waals surface area contributed by atoms with Crippen molar-refractivity contribution in [3.05, 3.63) is 46.2 Å². The standard InChI is InChI=1S/C17H23FN4OS/c1-4-16-22-14(11-24-16)10-21-17(19-3)20-9-12(2)23-15-7-5-13(18)6-8-15/h5-8,11-12H,4,9-10H2,1-3H3,(H2,19,20,21). The van der Waals surface area contributed by atoms with E-state index in [0.29, 0.717) is 24.8 Å². The second-order valence-electron chi connectivity index (χ2n) is 5.28. The molecule has 2 N–H and O–H groups in total. The van der Waals surface area contributed by atoms with E-state index in [2.05, 4.69) is 32.9 Å². The average molecular weight is 350 g/mol. The van der Waals surface area contributed by atoms with Gasteiger partial charge >= 0.3 is 0 Å². The van der Waals surface area contributed by atoms with E-state index in [1.165, 1.54) is 12.1 Å². The lowest BCUT2D eigenvalue weighted by Gasteiger charge is -2.17. The Labute approximate surface area is 146 Å². The van der Waals surface area contributed by atoms with Crippen molar-refractivity contribution in [2.24, 2.45) is 4.99 Å². The van der Waals surface area contributed by atoms with Gasteiger partial charge in [0.1, 0.15) is 17.7 Å². The van der Waals surface area contributed by atoms with Crippen LogP contribution in [0.5, 0.6) is 5.75 Å². The number of hydrogen-bond donors (Lipinski definition) is 2. The van der Waals surface area contributed by atoms with Gasteiger partial charge in [-0.2, -0.15) is 0 Å². The van der Waals surface area contributed by atoms with Gasteiger partial charge in [0.2, 0.25) is 0 Å². The molecule has 0 aliphatic heterocycles. The first-order valence-electron chi connectivity index (χ1n) is 7.90. The van der Waals surface area contributed by atoms with Crippen LogP contribution in [0.3, 0.4) is 0 Å². The molecule has 0 fully saturated rings. The molecule has 1 aromatic heterocycles. The highest BCUT2D eigenvalue weighted by Gasteiger charge is 2.07. The molecule has 0 saturated heterocycles. The van der Waals surface area contributed by atoms with Gasteiger partial charge in [-0.1, -0.05) is 6.92 Å². The molecule has 0 radical (unpaired) electrons. The number of aromatic nitrogens is 1. The summed E-state index contributed by atoms with van der Waals surface area (Å²) in [4.78, 5) is 8.70. The fourth-order valence-electron chi connectivity index (χ4n) is 2.01. The quantitative estimate of drug-likeness (QED) is 0.595. The number of hydrogen-bond acceptors (Lipinski definition) is 4. The van der Waals surface area contributed by atoms with E-state index in [1.54, 1.807) is 30.5 Å². The second-order valence-corrected chi connectivity index (χ2v) is 6.22.